The van der Waals surface area contributed by atoms with Crippen molar-refractivity contribution in [1.82, 2.24) is 0 Å². The van der Waals surface area contributed by atoms with E-state index in [1.165, 1.54) is 0 Å². The maximum absolute atomic E-state index is 12.6. The molecule has 0 aliphatic rings. The number of carbonyl (C=O) groups is 1. The predicted octanol–water partition coefficient (Wildman–Crippen LogP) is 13.0. The number of carbonyl (C=O) groups excluding carboxylic acids is 1. The van der Waals surface area contributed by atoms with Gasteiger partial charge in [0.15, 0.2) is 0 Å². The minimum Gasteiger partial charge on any atom is -0.457 e. The van der Waals surface area contributed by atoms with E-state index in [4.69, 9.17) is 24.3 Å². The summed E-state index contributed by atoms with van der Waals surface area (Å²) in [5.74, 6) is -0.420. The minimum absolute atomic E-state index is 0.0270. The summed E-state index contributed by atoms with van der Waals surface area (Å²) in [6.45, 7) is 4.32. The summed E-state index contributed by atoms with van der Waals surface area (Å²) in [6.07, 6.45) is 64.7. The van der Waals surface area contributed by atoms with Gasteiger partial charge in [0.2, 0.25) is 0 Å². The van der Waals surface area contributed by atoms with Crippen molar-refractivity contribution < 1.29 is 32.8 Å². The molecule has 0 aromatic rings. The lowest BCUT2D eigenvalue weighted by atomic mass is 10.2. The molecule has 0 rings (SSSR count). The smallest absolute Gasteiger partial charge is 0.457 e. The fraction of sp³-hybridized carbons (Fsp3) is 0.490. The summed E-state index contributed by atoms with van der Waals surface area (Å²) in [6, 6.07) is 0. The van der Waals surface area contributed by atoms with E-state index in [-0.39, 0.29) is 32.8 Å². The van der Waals surface area contributed by atoms with Gasteiger partial charge >= 0.3 is 13.8 Å². The molecule has 0 radical (unpaired) electrons. The average molecular weight is 822 g/mol. The predicted molar refractivity (Wildman–Crippen MR) is 246 cm³/mol. The van der Waals surface area contributed by atoms with Gasteiger partial charge in [-0.3, -0.25) is 13.8 Å². The first kappa shape index (κ1) is 54.4. The summed E-state index contributed by atoms with van der Waals surface area (Å²) in [4.78, 5) is 22.4. The van der Waals surface area contributed by atoms with Gasteiger partial charge in [0, 0.05) is 13.0 Å². The van der Waals surface area contributed by atoms with Crippen molar-refractivity contribution in [2.45, 2.75) is 123 Å². The van der Waals surface area contributed by atoms with E-state index in [1.54, 1.807) is 0 Å². The monoisotopic (exact) mass is 822 g/mol. The van der Waals surface area contributed by atoms with Crippen LogP contribution in [0, 0.1) is 0 Å². The first-order valence-electron chi connectivity index (χ1n) is 21.3. The summed E-state index contributed by atoms with van der Waals surface area (Å²) >= 11 is 0. The second-order valence-corrected chi connectivity index (χ2v) is 14.5. The highest BCUT2D eigenvalue weighted by molar-refractivity contribution is 7.47. The maximum Gasteiger partial charge on any atom is 0.472 e. The van der Waals surface area contributed by atoms with Crippen molar-refractivity contribution in [2.75, 3.05) is 33.0 Å². The summed E-state index contributed by atoms with van der Waals surface area (Å²) in [5.41, 5.74) is 5.36. The number of phosphoric ester groups is 1. The Kier molecular flexibility index (Phi) is 41.7. The van der Waals surface area contributed by atoms with Gasteiger partial charge in [0.25, 0.3) is 0 Å². The van der Waals surface area contributed by atoms with Crippen LogP contribution in [0.2, 0.25) is 0 Å². The molecule has 2 unspecified atom stereocenters. The fourth-order valence-corrected chi connectivity index (χ4v) is 5.52. The molecule has 0 amide bonds. The van der Waals surface area contributed by atoms with Crippen LogP contribution in [-0.4, -0.2) is 49.9 Å². The van der Waals surface area contributed by atoms with Gasteiger partial charge in [-0.15, -0.1) is 0 Å². The highest BCUT2D eigenvalue weighted by Gasteiger charge is 2.25. The van der Waals surface area contributed by atoms with Crippen molar-refractivity contribution in [2.24, 2.45) is 5.73 Å². The molecule has 0 aliphatic heterocycles. The van der Waals surface area contributed by atoms with Crippen molar-refractivity contribution in [3.63, 3.8) is 0 Å². The van der Waals surface area contributed by atoms with Crippen LogP contribution in [-0.2, 0) is 27.9 Å². The minimum atomic E-state index is -4.32. The average Bonchev–Trinajstić information content (AvgIpc) is 3.21. The van der Waals surface area contributed by atoms with Crippen LogP contribution >= 0.6 is 7.82 Å². The van der Waals surface area contributed by atoms with E-state index in [9.17, 15) is 14.3 Å². The van der Waals surface area contributed by atoms with Gasteiger partial charge in [-0.25, -0.2) is 4.57 Å². The van der Waals surface area contributed by atoms with Gasteiger partial charge in [-0.1, -0.05) is 160 Å². The molecule has 0 heterocycles. The molecule has 2 atom stereocenters. The molecule has 3 N–H and O–H groups in total. The lowest BCUT2D eigenvalue weighted by Crippen LogP contribution is -2.28. The SMILES string of the molecule is CC/C=C\C/C=C\C/C=C\C/C=C\C/C=C\C/C=C\C/C=C\CCCC(=O)OC(COCC/C=C\C/C=C\C/C=C\C/C=C\C/C=C\CC)COP(=O)(O)OCCN. The lowest BCUT2D eigenvalue weighted by Gasteiger charge is -2.19. The van der Waals surface area contributed by atoms with E-state index >= 15 is 0 Å². The Morgan fingerprint density at radius 2 is 0.879 bits per heavy atom. The van der Waals surface area contributed by atoms with Crippen molar-refractivity contribution in [1.29, 1.82) is 0 Å². The number of esters is 1. The Balaban J connectivity index is 4.31. The molecule has 0 bridgehead atoms. The molecule has 0 aromatic carbocycles. The highest BCUT2D eigenvalue weighted by atomic mass is 31.2. The molecule has 9 heteroatoms. The van der Waals surface area contributed by atoms with Gasteiger partial charge in [0.05, 0.1) is 26.4 Å². The van der Waals surface area contributed by atoms with Gasteiger partial charge in [-0.2, -0.15) is 0 Å². The third kappa shape index (κ3) is 43.5. The number of allylic oxidation sites excluding steroid dienone is 23. The maximum atomic E-state index is 12.6. The van der Waals surface area contributed by atoms with Crippen LogP contribution in [0.15, 0.2) is 146 Å². The van der Waals surface area contributed by atoms with Gasteiger partial charge < -0.3 is 20.1 Å². The zero-order valence-electron chi connectivity index (χ0n) is 35.7. The number of rotatable bonds is 38. The zero-order chi connectivity index (χ0) is 42.3. The van der Waals surface area contributed by atoms with Gasteiger partial charge in [-0.05, 0) is 96.3 Å². The second kappa shape index (κ2) is 44.5. The van der Waals surface area contributed by atoms with E-state index in [1.807, 2.05) is 6.08 Å². The number of hydrogen-bond donors (Lipinski definition) is 2. The first-order valence-corrected chi connectivity index (χ1v) is 22.8. The summed E-state index contributed by atoms with van der Waals surface area (Å²) in [7, 11) is -4.32. The first-order chi connectivity index (χ1) is 28.4. The fourth-order valence-electron chi connectivity index (χ4n) is 4.75. The van der Waals surface area contributed by atoms with Crippen molar-refractivity contribution in [3.8, 4) is 0 Å². The van der Waals surface area contributed by atoms with Crippen LogP contribution in [0.4, 0.5) is 0 Å². The van der Waals surface area contributed by atoms with Gasteiger partial charge in [0.1, 0.15) is 6.10 Å². The van der Waals surface area contributed by atoms with E-state index in [0.29, 0.717) is 19.4 Å². The normalized spacial score (nSPS) is 14.9. The Bertz CT molecular complexity index is 1380. The Labute approximate surface area is 352 Å². The molecule has 0 aliphatic carbocycles. The van der Waals surface area contributed by atoms with Crippen LogP contribution in [0.1, 0.15) is 117 Å². The third-order valence-electron chi connectivity index (χ3n) is 7.77. The standard InChI is InChI=1S/C49H76NO7P/c1-3-5-7-9-11-13-15-17-19-21-22-23-24-25-26-27-28-30-32-34-36-38-40-42-49(51)57-48(47-56-58(52,53)55-45-43-50)46-54-44-41-39-37-35-33-31-29-20-18-16-14-12-10-8-6-4-2/h5-8,11-14,17-20,22-23,25-26,28,30-31,33-34,36-37,39,48H,3-4,9-10,15-16,21,24,27,29,32,35,38,40-47,50H2,1-2H3,(H,52,53)/b7-5-,8-6-,13-11-,14-12-,19-17-,20-18-,23-22-,26-25-,30-28-,33-31-,36-34-,39-37-. The quantitative estimate of drug-likeness (QED) is 0.0274. The number of unbranched alkanes of at least 4 members (excludes halogenated alkanes) is 1. The Morgan fingerprint density at radius 3 is 1.26 bits per heavy atom. The molecule has 58 heavy (non-hydrogen) atoms. The van der Waals surface area contributed by atoms with Crippen LogP contribution in [0.5, 0.6) is 0 Å². The van der Waals surface area contributed by atoms with E-state index in [0.717, 1.165) is 83.5 Å². The molecule has 324 valence electrons. The summed E-state index contributed by atoms with van der Waals surface area (Å²) < 4.78 is 33.2. The molecule has 0 saturated heterocycles. The third-order valence-corrected chi connectivity index (χ3v) is 8.76. The van der Waals surface area contributed by atoms with Crippen molar-refractivity contribution in [3.05, 3.63) is 146 Å². The molecule has 0 saturated carbocycles. The Hall–Kier alpha value is -3.62. The van der Waals surface area contributed by atoms with Crippen LogP contribution < -0.4 is 5.73 Å². The van der Waals surface area contributed by atoms with Crippen molar-refractivity contribution >= 4 is 13.8 Å². The molecule has 0 fully saturated rings. The number of hydrogen-bond acceptors (Lipinski definition) is 7. The second-order valence-electron chi connectivity index (χ2n) is 13.1. The Morgan fingerprint density at radius 1 is 0.517 bits per heavy atom. The zero-order valence-corrected chi connectivity index (χ0v) is 36.6. The van der Waals surface area contributed by atoms with E-state index < -0.39 is 19.9 Å². The van der Waals surface area contributed by atoms with Crippen LogP contribution in [0.3, 0.4) is 0 Å². The topological polar surface area (TPSA) is 117 Å². The number of ether oxygens (including phenoxy) is 2. The summed E-state index contributed by atoms with van der Waals surface area (Å²) in [5, 5.41) is 0. The van der Waals surface area contributed by atoms with Crippen LogP contribution in [0.25, 0.3) is 0 Å². The largest absolute Gasteiger partial charge is 0.472 e. The molecular formula is C49H76NO7P. The molecule has 8 nitrogen and oxygen atoms in total. The molecule has 0 aromatic heterocycles. The molecular weight excluding hydrogens is 746 g/mol. The number of nitrogens with two attached hydrogens (primary N) is 1. The van der Waals surface area contributed by atoms with E-state index in [2.05, 4.69) is 154 Å². The lowest BCUT2D eigenvalue weighted by molar-refractivity contribution is -0.154. The number of phosphoric acid groups is 1. The highest BCUT2D eigenvalue weighted by Crippen LogP contribution is 2.43. The molecule has 0 spiro atoms.